The van der Waals surface area contributed by atoms with E-state index in [0.717, 1.165) is 55.6 Å². The van der Waals surface area contributed by atoms with Crippen molar-refractivity contribution in [2.24, 2.45) is 0 Å². The molecule has 0 saturated carbocycles. The minimum Gasteiger partial charge on any atom is -0.438 e. The maximum absolute atomic E-state index is 5.92. The predicted molar refractivity (Wildman–Crippen MR) is 174 cm³/mol. The van der Waals surface area contributed by atoms with Gasteiger partial charge in [-0.05, 0) is 52.6 Å². The first-order chi connectivity index (χ1) is 21.3. The second kappa shape index (κ2) is 10.5. The third-order valence-corrected chi connectivity index (χ3v) is 7.81. The van der Waals surface area contributed by atoms with Crippen molar-refractivity contribution >= 4 is 22.1 Å². The van der Waals surface area contributed by atoms with Crippen molar-refractivity contribution in [1.29, 1.82) is 0 Å². The van der Waals surface area contributed by atoms with Gasteiger partial charge < -0.3 is 4.42 Å². The molecule has 4 heteroatoms. The van der Waals surface area contributed by atoms with E-state index in [-0.39, 0.29) is 0 Å². The van der Waals surface area contributed by atoms with E-state index in [2.05, 4.69) is 108 Å². The highest BCUT2D eigenvalue weighted by molar-refractivity contribution is 6.05. The van der Waals surface area contributed by atoms with Gasteiger partial charge >= 0.3 is 0 Å². The monoisotopic (exact) mass is 551 g/mol. The van der Waals surface area contributed by atoms with Crippen LogP contribution in [-0.4, -0.2) is 15.0 Å². The van der Waals surface area contributed by atoms with Crippen LogP contribution in [0.15, 0.2) is 156 Å². The minimum absolute atomic E-state index is 0.661. The van der Waals surface area contributed by atoms with Crippen LogP contribution in [0.25, 0.3) is 78.2 Å². The summed E-state index contributed by atoms with van der Waals surface area (Å²) in [6, 6.07) is 50.1. The number of fused-ring (bicyclic) bond motifs is 3. The number of benzene rings is 5. The number of pyridine rings is 1. The summed E-state index contributed by atoms with van der Waals surface area (Å²) in [6.45, 7) is 0. The van der Waals surface area contributed by atoms with Crippen molar-refractivity contribution in [2.45, 2.75) is 0 Å². The van der Waals surface area contributed by atoms with Crippen molar-refractivity contribution in [1.82, 2.24) is 15.0 Å². The van der Waals surface area contributed by atoms with Gasteiger partial charge in [0.1, 0.15) is 5.58 Å². The summed E-state index contributed by atoms with van der Waals surface area (Å²) in [4.78, 5) is 14.4. The summed E-state index contributed by atoms with van der Waals surface area (Å²) < 4.78 is 5.92. The van der Waals surface area contributed by atoms with Crippen molar-refractivity contribution < 1.29 is 4.42 Å². The standard InChI is InChI=1S/C39H25N3O/c1-3-8-26(9-4-1)27-13-17-29(18-14-27)35-25-36(42-38(41-35)31-10-5-2-6-11-31)30-19-15-28(16-20-30)32-21-22-37-34(24-32)33-12-7-23-40-39(33)43-37/h1-25H. The molecule has 3 heterocycles. The van der Waals surface area contributed by atoms with Crippen LogP contribution in [0.3, 0.4) is 0 Å². The Morgan fingerprint density at radius 2 is 0.930 bits per heavy atom. The largest absolute Gasteiger partial charge is 0.438 e. The number of nitrogens with zero attached hydrogens (tertiary/aromatic N) is 3. The zero-order chi connectivity index (χ0) is 28.6. The molecule has 8 rings (SSSR count). The van der Waals surface area contributed by atoms with Gasteiger partial charge in [0.25, 0.3) is 0 Å². The Hall–Kier alpha value is -5.87. The number of aromatic nitrogens is 3. The fraction of sp³-hybridized carbons (Fsp3) is 0. The van der Waals surface area contributed by atoms with Crippen molar-refractivity contribution in [2.75, 3.05) is 0 Å². The Morgan fingerprint density at radius 1 is 0.395 bits per heavy atom. The molecule has 0 saturated heterocycles. The summed E-state index contributed by atoms with van der Waals surface area (Å²) in [6.07, 6.45) is 1.76. The molecule has 0 N–H and O–H groups in total. The van der Waals surface area contributed by atoms with Crippen molar-refractivity contribution in [3.05, 3.63) is 152 Å². The minimum atomic E-state index is 0.661. The summed E-state index contributed by atoms with van der Waals surface area (Å²) in [5, 5.41) is 2.09. The maximum atomic E-state index is 5.92. The van der Waals surface area contributed by atoms with Crippen LogP contribution >= 0.6 is 0 Å². The average molecular weight is 552 g/mol. The van der Waals surface area contributed by atoms with Crippen molar-refractivity contribution in [3.8, 4) is 56.2 Å². The van der Waals surface area contributed by atoms with Crippen LogP contribution in [0.5, 0.6) is 0 Å². The van der Waals surface area contributed by atoms with Gasteiger partial charge in [-0.2, -0.15) is 0 Å². The van der Waals surface area contributed by atoms with E-state index >= 15 is 0 Å². The highest BCUT2D eigenvalue weighted by Gasteiger charge is 2.13. The SMILES string of the molecule is c1ccc(-c2ccc(-c3cc(-c4ccc(-c5ccc6oc7ncccc7c6c5)cc4)nc(-c4ccccc4)n3)cc2)cc1. The molecule has 8 aromatic rings. The molecule has 43 heavy (non-hydrogen) atoms. The van der Waals surface area contributed by atoms with E-state index in [0.29, 0.717) is 11.5 Å². The van der Waals surface area contributed by atoms with Crippen molar-refractivity contribution in [3.63, 3.8) is 0 Å². The molecule has 0 radical (unpaired) electrons. The Bertz CT molecular complexity index is 2200. The van der Waals surface area contributed by atoms with Gasteiger partial charge in [-0.1, -0.05) is 115 Å². The molecule has 0 fully saturated rings. The van der Waals surface area contributed by atoms with E-state index in [1.807, 2.05) is 42.5 Å². The lowest BCUT2D eigenvalue weighted by Crippen LogP contribution is -1.96. The molecule has 0 spiro atoms. The van der Waals surface area contributed by atoms with E-state index in [1.165, 1.54) is 11.1 Å². The van der Waals surface area contributed by atoms with E-state index in [4.69, 9.17) is 14.4 Å². The van der Waals surface area contributed by atoms with Crippen LogP contribution in [-0.2, 0) is 0 Å². The number of furan rings is 1. The second-order valence-corrected chi connectivity index (χ2v) is 10.5. The van der Waals surface area contributed by atoms with Gasteiger partial charge in [-0.3, -0.25) is 0 Å². The van der Waals surface area contributed by atoms with Gasteiger partial charge in [0.2, 0.25) is 5.71 Å². The third kappa shape index (κ3) is 4.75. The zero-order valence-corrected chi connectivity index (χ0v) is 23.2. The topological polar surface area (TPSA) is 51.8 Å². The Morgan fingerprint density at radius 3 is 1.58 bits per heavy atom. The van der Waals surface area contributed by atoms with Crippen LogP contribution in [0, 0.1) is 0 Å². The molecule has 0 bridgehead atoms. The molecule has 0 unspecified atom stereocenters. The highest BCUT2D eigenvalue weighted by Crippen LogP contribution is 2.33. The lowest BCUT2D eigenvalue weighted by Gasteiger charge is -2.11. The molecular formula is C39H25N3O. The van der Waals surface area contributed by atoms with Gasteiger partial charge in [-0.15, -0.1) is 0 Å². The molecule has 0 aliphatic rings. The maximum Gasteiger partial charge on any atom is 0.227 e. The van der Waals surface area contributed by atoms with Gasteiger partial charge in [0, 0.05) is 33.7 Å². The lowest BCUT2D eigenvalue weighted by molar-refractivity contribution is 0.654. The smallest absolute Gasteiger partial charge is 0.227 e. The van der Waals surface area contributed by atoms with Gasteiger partial charge in [0.15, 0.2) is 5.82 Å². The van der Waals surface area contributed by atoms with E-state index in [1.54, 1.807) is 6.20 Å². The molecule has 202 valence electrons. The van der Waals surface area contributed by atoms with Gasteiger partial charge in [0.05, 0.1) is 11.4 Å². The quantitative estimate of drug-likeness (QED) is 0.214. The van der Waals surface area contributed by atoms with Crippen LogP contribution < -0.4 is 0 Å². The first-order valence-corrected chi connectivity index (χ1v) is 14.3. The first kappa shape index (κ1) is 24.9. The second-order valence-electron chi connectivity index (χ2n) is 10.5. The zero-order valence-electron chi connectivity index (χ0n) is 23.2. The highest BCUT2D eigenvalue weighted by atomic mass is 16.3. The summed E-state index contributed by atoms with van der Waals surface area (Å²) in [5.41, 5.74) is 10.9. The first-order valence-electron chi connectivity index (χ1n) is 14.3. The van der Waals surface area contributed by atoms with E-state index < -0.39 is 0 Å². The summed E-state index contributed by atoms with van der Waals surface area (Å²) in [5.74, 6) is 0.704. The molecule has 0 aliphatic heterocycles. The molecule has 4 nitrogen and oxygen atoms in total. The predicted octanol–water partition coefficient (Wildman–Crippen LogP) is 10.1. The number of hydrogen-bond donors (Lipinski definition) is 0. The number of hydrogen-bond acceptors (Lipinski definition) is 4. The van der Waals surface area contributed by atoms with Crippen LogP contribution in [0.2, 0.25) is 0 Å². The molecular weight excluding hydrogens is 526 g/mol. The Labute approximate surface area is 249 Å². The summed E-state index contributed by atoms with van der Waals surface area (Å²) >= 11 is 0. The average Bonchev–Trinajstić information content (AvgIpc) is 3.47. The normalized spacial score (nSPS) is 11.3. The fourth-order valence-corrected chi connectivity index (χ4v) is 5.55. The molecule has 0 aliphatic carbocycles. The lowest BCUT2D eigenvalue weighted by atomic mass is 9.99. The van der Waals surface area contributed by atoms with Gasteiger partial charge in [-0.25, -0.2) is 15.0 Å². The van der Waals surface area contributed by atoms with Crippen LogP contribution in [0.4, 0.5) is 0 Å². The Balaban J connectivity index is 1.17. The molecule has 0 amide bonds. The molecule has 0 atom stereocenters. The van der Waals surface area contributed by atoms with E-state index in [9.17, 15) is 0 Å². The molecule has 3 aromatic heterocycles. The molecule has 5 aromatic carbocycles. The fourth-order valence-electron chi connectivity index (χ4n) is 5.55. The van der Waals surface area contributed by atoms with Crippen LogP contribution in [0.1, 0.15) is 0 Å². The number of rotatable bonds is 5. The Kier molecular flexibility index (Phi) is 6.08. The third-order valence-electron chi connectivity index (χ3n) is 7.81. The summed E-state index contributed by atoms with van der Waals surface area (Å²) in [7, 11) is 0.